The van der Waals surface area contributed by atoms with E-state index in [0.29, 0.717) is 11.6 Å². The zero-order chi connectivity index (χ0) is 18.7. The fourth-order valence-electron chi connectivity index (χ4n) is 3.17. The lowest BCUT2D eigenvalue weighted by Crippen LogP contribution is -2.28. The fourth-order valence-corrected chi connectivity index (χ4v) is 3.17. The molecule has 0 aliphatic carbocycles. The monoisotopic (exact) mass is 349 g/mol. The predicted molar refractivity (Wildman–Crippen MR) is 99.5 cm³/mol. The van der Waals surface area contributed by atoms with E-state index in [1.165, 1.54) is 5.56 Å². The normalized spacial score (nSPS) is 13.5. The molecule has 3 rings (SSSR count). The van der Waals surface area contributed by atoms with Gasteiger partial charge in [0.15, 0.2) is 0 Å². The first kappa shape index (κ1) is 17.8. The highest BCUT2D eigenvalue weighted by Crippen LogP contribution is 2.37. The van der Waals surface area contributed by atoms with Crippen LogP contribution in [0.5, 0.6) is 0 Å². The van der Waals surface area contributed by atoms with Crippen molar-refractivity contribution in [3.05, 3.63) is 77.4 Å². The number of aryl methyl sites for hydroxylation is 1. The van der Waals surface area contributed by atoms with E-state index in [9.17, 15) is 4.79 Å². The molecule has 1 aromatic carbocycles. The minimum Gasteiger partial charge on any atom is -0.369 e. The van der Waals surface area contributed by atoms with Crippen molar-refractivity contribution in [2.75, 3.05) is 0 Å². The molecule has 0 bridgehead atoms. The van der Waals surface area contributed by atoms with Gasteiger partial charge in [0, 0.05) is 19.4 Å². The number of amides is 1. The van der Waals surface area contributed by atoms with Crippen LogP contribution in [0.3, 0.4) is 0 Å². The fraction of sp³-hybridized carbons (Fsp3) is 0.300. The Morgan fingerprint density at radius 2 is 1.73 bits per heavy atom. The van der Waals surface area contributed by atoms with E-state index in [2.05, 4.69) is 29.1 Å². The van der Waals surface area contributed by atoms with Gasteiger partial charge in [0.2, 0.25) is 5.91 Å². The molecule has 134 valence electrons. The van der Waals surface area contributed by atoms with Crippen LogP contribution in [0.15, 0.2) is 54.9 Å². The lowest BCUT2D eigenvalue weighted by atomic mass is 9.80. The molecular weight excluding hydrogens is 326 g/mol. The number of hydrogen-bond donors (Lipinski definition) is 1. The first-order valence-electron chi connectivity index (χ1n) is 8.63. The van der Waals surface area contributed by atoms with Gasteiger partial charge in [-0.1, -0.05) is 49.4 Å². The van der Waals surface area contributed by atoms with Crippen LogP contribution < -0.4 is 5.73 Å². The Hall–Kier alpha value is -3.02. The second-order valence-electron chi connectivity index (χ2n) is 6.75. The van der Waals surface area contributed by atoms with E-state index in [0.717, 1.165) is 11.3 Å². The van der Waals surface area contributed by atoms with Crippen LogP contribution in [0.2, 0.25) is 0 Å². The summed E-state index contributed by atoms with van der Waals surface area (Å²) < 4.78 is 1.62. The lowest BCUT2D eigenvalue weighted by molar-refractivity contribution is -0.119. The van der Waals surface area contributed by atoms with E-state index in [1.54, 1.807) is 24.1 Å². The molecule has 0 saturated carbocycles. The summed E-state index contributed by atoms with van der Waals surface area (Å²) in [5, 5.41) is 8.25. The highest BCUT2D eigenvalue weighted by molar-refractivity contribution is 5.83. The summed E-state index contributed by atoms with van der Waals surface area (Å²) in [5.41, 5.74) is 9.30. The van der Waals surface area contributed by atoms with Crippen LogP contribution in [0, 0.1) is 0 Å². The standard InChI is InChI=1S/C20H23N5O/c1-13(2)14-7-9-15(10-8-14)18(20(21)26)19(16-6-4-5-11-22-16)17-12-25(3)24-23-17/h4-13,18-19H,1-3H3,(H2,21,26)/t18?,19-/m1/s1. The molecule has 1 unspecified atom stereocenters. The van der Waals surface area contributed by atoms with Gasteiger partial charge in [-0.2, -0.15) is 0 Å². The number of hydrogen-bond acceptors (Lipinski definition) is 4. The largest absolute Gasteiger partial charge is 0.369 e. The zero-order valence-electron chi connectivity index (χ0n) is 15.2. The van der Waals surface area contributed by atoms with Crippen molar-refractivity contribution in [2.45, 2.75) is 31.6 Å². The molecule has 2 atom stereocenters. The number of pyridine rings is 1. The minimum absolute atomic E-state index is 0.396. The van der Waals surface area contributed by atoms with E-state index >= 15 is 0 Å². The highest BCUT2D eigenvalue weighted by Gasteiger charge is 2.34. The molecule has 6 heteroatoms. The third kappa shape index (κ3) is 3.64. The molecule has 0 aliphatic heterocycles. The van der Waals surface area contributed by atoms with Crippen molar-refractivity contribution in [2.24, 2.45) is 12.8 Å². The van der Waals surface area contributed by atoms with E-state index in [-0.39, 0.29) is 0 Å². The summed E-state index contributed by atoms with van der Waals surface area (Å²) in [7, 11) is 1.79. The Kier molecular flexibility index (Phi) is 5.11. The number of primary amides is 1. The molecular formula is C20H23N5O. The molecule has 0 fully saturated rings. The van der Waals surface area contributed by atoms with Crippen molar-refractivity contribution in [1.82, 2.24) is 20.0 Å². The van der Waals surface area contributed by atoms with Gasteiger partial charge in [-0.25, -0.2) is 0 Å². The van der Waals surface area contributed by atoms with Crippen molar-refractivity contribution >= 4 is 5.91 Å². The van der Waals surface area contributed by atoms with Gasteiger partial charge < -0.3 is 5.73 Å². The number of carbonyl (C=O) groups excluding carboxylic acids is 1. The summed E-state index contributed by atoms with van der Waals surface area (Å²) in [6.45, 7) is 4.27. The lowest BCUT2D eigenvalue weighted by Gasteiger charge is -2.23. The Bertz CT molecular complexity index is 871. The van der Waals surface area contributed by atoms with Crippen LogP contribution >= 0.6 is 0 Å². The van der Waals surface area contributed by atoms with Crippen molar-refractivity contribution < 1.29 is 4.79 Å². The van der Waals surface area contributed by atoms with E-state index in [1.807, 2.05) is 42.5 Å². The third-order valence-corrected chi connectivity index (χ3v) is 4.55. The molecule has 2 N–H and O–H groups in total. The van der Waals surface area contributed by atoms with E-state index < -0.39 is 17.7 Å². The van der Waals surface area contributed by atoms with Crippen LogP contribution in [-0.4, -0.2) is 25.9 Å². The van der Waals surface area contributed by atoms with Crippen LogP contribution in [0.25, 0.3) is 0 Å². The Balaban J connectivity index is 2.10. The van der Waals surface area contributed by atoms with Gasteiger partial charge >= 0.3 is 0 Å². The number of rotatable bonds is 6. The van der Waals surface area contributed by atoms with Gasteiger partial charge in [-0.05, 0) is 29.2 Å². The Morgan fingerprint density at radius 1 is 1.04 bits per heavy atom. The number of nitrogens with zero attached hydrogens (tertiary/aromatic N) is 4. The Morgan fingerprint density at radius 3 is 2.23 bits per heavy atom. The predicted octanol–water partition coefficient (Wildman–Crippen LogP) is 2.73. The third-order valence-electron chi connectivity index (χ3n) is 4.55. The first-order valence-corrected chi connectivity index (χ1v) is 8.63. The van der Waals surface area contributed by atoms with Crippen LogP contribution in [0.1, 0.15) is 54.1 Å². The van der Waals surface area contributed by atoms with Gasteiger partial charge in [-0.3, -0.25) is 14.5 Å². The Labute approximate surface area is 153 Å². The number of nitrogens with two attached hydrogens (primary N) is 1. The molecule has 0 spiro atoms. The number of aromatic nitrogens is 4. The van der Waals surface area contributed by atoms with Crippen LogP contribution in [-0.2, 0) is 11.8 Å². The average molecular weight is 349 g/mol. The molecule has 2 heterocycles. The molecule has 6 nitrogen and oxygen atoms in total. The topological polar surface area (TPSA) is 86.7 Å². The highest BCUT2D eigenvalue weighted by atomic mass is 16.1. The smallest absolute Gasteiger partial charge is 0.226 e. The molecule has 3 aromatic rings. The summed E-state index contributed by atoms with van der Waals surface area (Å²) in [6, 6.07) is 13.6. The molecule has 2 aromatic heterocycles. The van der Waals surface area contributed by atoms with E-state index in [4.69, 9.17) is 5.73 Å². The molecule has 0 radical (unpaired) electrons. The van der Waals surface area contributed by atoms with Gasteiger partial charge in [0.05, 0.1) is 23.2 Å². The summed E-state index contributed by atoms with van der Waals surface area (Å²) in [6.07, 6.45) is 3.51. The van der Waals surface area contributed by atoms with Crippen LogP contribution in [0.4, 0.5) is 0 Å². The minimum atomic E-state index is -0.581. The number of carbonyl (C=O) groups is 1. The maximum Gasteiger partial charge on any atom is 0.226 e. The quantitative estimate of drug-likeness (QED) is 0.741. The van der Waals surface area contributed by atoms with Crippen molar-refractivity contribution in [3.8, 4) is 0 Å². The molecule has 0 saturated heterocycles. The second kappa shape index (κ2) is 7.47. The molecule has 26 heavy (non-hydrogen) atoms. The van der Waals surface area contributed by atoms with Gasteiger partial charge in [0.25, 0.3) is 0 Å². The maximum atomic E-state index is 12.5. The molecule has 0 aliphatic rings. The van der Waals surface area contributed by atoms with Gasteiger partial charge in [0.1, 0.15) is 0 Å². The average Bonchev–Trinajstić information content (AvgIpc) is 3.06. The molecule has 1 amide bonds. The zero-order valence-corrected chi connectivity index (χ0v) is 15.2. The first-order chi connectivity index (χ1) is 12.5. The second-order valence-corrected chi connectivity index (χ2v) is 6.75. The summed E-state index contributed by atoms with van der Waals surface area (Å²) in [5.74, 6) is -0.971. The SMILES string of the molecule is CC(C)c1ccc(C(C(N)=O)[C@H](c2ccccn2)c2cn(C)nn2)cc1. The summed E-state index contributed by atoms with van der Waals surface area (Å²) >= 11 is 0. The van der Waals surface area contributed by atoms with Crippen molar-refractivity contribution in [3.63, 3.8) is 0 Å². The van der Waals surface area contributed by atoms with Gasteiger partial charge in [-0.15, -0.1) is 5.10 Å². The van der Waals surface area contributed by atoms with Crippen molar-refractivity contribution in [1.29, 1.82) is 0 Å². The maximum absolute atomic E-state index is 12.5. The number of benzene rings is 1. The summed E-state index contributed by atoms with van der Waals surface area (Å²) in [4.78, 5) is 16.9.